The fraction of sp³-hybridized carbons (Fsp3) is 0.571. The SMILES string of the molecule is C=CC(=O)N=S1(=O)CCNCC1. The van der Waals surface area contributed by atoms with Crippen molar-refractivity contribution in [1.29, 1.82) is 0 Å². The zero-order valence-electron chi connectivity index (χ0n) is 6.78. The molecule has 68 valence electrons. The van der Waals surface area contributed by atoms with Crippen LogP contribution in [0.15, 0.2) is 17.0 Å². The highest BCUT2D eigenvalue weighted by molar-refractivity contribution is 7.94. The van der Waals surface area contributed by atoms with Crippen molar-refractivity contribution in [1.82, 2.24) is 5.32 Å². The van der Waals surface area contributed by atoms with E-state index in [1.807, 2.05) is 0 Å². The molecule has 1 heterocycles. The number of amides is 1. The Morgan fingerprint density at radius 3 is 2.58 bits per heavy atom. The average Bonchev–Trinajstić information content (AvgIpc) is 2.05. The Balaban J connectivity index is 2.82. The van der Waals surface area contributed by atoms with Gasteiger partial charge < -0.3 is 5.32 Å². The van der Waals surface area contributed by atoms with Crippen molar-refractivity contribution in [3.8, 4) is 0 Å². The molecule has 0 unspecified atom stereocenters. The van der Waals surface area contributed by atoms with Crippen LogP contribution in [0.3, 0.4) is 0 Å². The first-order valence-corrected chi connectivity index (χ1v) is 5.61. The Morgan fingerprint density at radius 2 is 2.08 bits per heavy atom. The molecule has 12 heavy (non-hydrogen) atoms. The van der Waals surface area contributed by atoms with Gasteiger partial charge in [0.05, 0.1) is 9.73 Å². The molecule has 1 rings (SSSR count). The molecule has 0 radical (unpaired) electrons. The third-order valence-corrected chi connectivity index (χ3v) is 3.82. The highest BCUT2D eigenvalue weighted by Crippen LogP contribution is 2.00. The molecule has 1 saturated heterocycles. The maximum atomic E-state index is 11.7. The molecule has 0 bridgehead atoms. The predicted molar refractivity (Wildman–Crippen MR) is 48.4 cm³/mol. The second-order valence-electron chi connectivity index (χ2n) is 2.56. The first kappa shape index (κ1) is 9.41. The summed E-state index contributed by atoms with van der Waals surface area (Å²) in [7, 11) is -2.26. The second kappa shape index (κ2) is 3.82. The quantitative estimate of drug-likeness (QED) is 0.578. The molecule has 0 aliphatic carbocycles. The average molecular weight is 188 g/mol. The van der Waals surface area contributed by atoms with E-state index >= 15 is 0 Å². The van der Waals surface area contributed by atoms with Gasteiger partial charge in [-0.1, -0.05) is 6.58 Å². The number of hydrogen-bond donors (Lipinski definition) is 1. The molecule has 4 nitrogen and oxygen atoms in total. The molecule has 0 aromatic rings. The van der Waals surface area contributed by atoms with Crippen molar-refractivity contribution < 1.29 is 9.00 Å². The van der Waals surface area contributed by atoms with Crippen molar-refractivity contribution in [3.05, 3.63) is 12.7 Å². The largest absolute Gasteiger partial charge is 0.315 e. The van der Waals surface area contributed by atoms with Gasteiger partial charge >= 0.3 is 0 Å². The van der Waals surface area contributed by atoms with Gasteiger partial charge in [-0.3, -0.25) is 4.79 Å². The van der Waals surface area contributed by atoms with Crippen molar-refractivity contribution in [2.45, 2.75) is 0 Å². The number of carbonyl (C=O) groups excluding carboxylic acids is 1. The summed E-state index contributed by atoms with van der Waals surface area (Å²) in [6.07, 6.45) is 1.09. The van der Waals surface area contributed by atoms with E-state index in [0.29, 0.717) is 24.6 Å². The normalized spacial score (nSPS) is 21.3. The van der Waals surface area contributed by atoms with Gasteiger partial charge in [0.15, 0.2) is 0 Å². The smallest absolute Gasteiger partial charge is 0.277 e. The molecule has 0 atom stereocenters. The van der Waals surface area contributed by atoms with Crippen molar-refractivity contribution >= 4 is 15.6 Å². The first-order valence-electron chi connectivity index (χ1n) is 3.76. The minimum Gasteiger partial charge on any atom is -0.315 e. The first-order chi connectivity index (χ1) is 5.66. The van der Waals surface area contributed by atoms with E-state index in [-0.39, 0.29) is 0 Å². The fourth-order valence-electron chi connectivity index (χ4n) is 0.983. The summed E-state index contributed by atoms with van der Waals surface area (Å²) in [4.78, 5) is 10.8. The van der Waals surface area contributed by atoms with Crippen LogP contribution in [-0.4, -0.2) is 34.7 Å². The number of carbonyl (C=O) groups is 1. The Bertz CT molecular complexity index is 291. The molecular formula is C7H12N2O2S. The van der Waals surface area contributed by atoms with E-state index in [2.05, 4.69) is 16.3 Å². The monoisotopic (exact) mass is 188 g/mol. The summed E-state index contributed by atoms with van der Waals surface area (Å²) < 4.78 is 15.3. The van der Waals surface area contributed by atoms with Crippen LogP contribution in [0.5, 0.6) is 0 Å². The van der Waals surface area contributed by atoms with Crippen LogP contribution in [-0.2, 0) is 14.5 Å². The van der Waals surface area contributed by atoms with Gasteiger partial charge in [-0.25, -0.2) is 4.21 Å². The van der Waals surface area contributed by atoms with Gasteiger partial charge in [-0.2, -0.15) is 4.36 Å². The molecule has 1 N–H and O–H groups in total. The summed E-state index contributed by atoms with van der Waals surface area (Å²) in [5.41, 5.74) is 0. The minimum absolute atomic E-state index is 0.465. The topological polar surface area (TPSA) is 58.5 Å². The molecule has 0 aromatic heterocycles. The van der Waals surface area contributed by atoms with Crippen LogP contribution in [0, 0.1) is 0 Å². The lowest BCUT2D eigenvalue weighted by Gasteiger charge is -2.15. The third-order valence-electron chi connectivity index (χ3n) is 1.63. The Labute approximate surface area is 72.2 Å². The van der Waals surface area contributed by atoms with E-state index in [9.17, 15) is 9.00 Å². The Kier molecular flexibility index (Phi) is 2.99. The van der Waals surface area contributed by atoms with Crippen LogP contribution in [0.25, 0.3) is 0 Å². The maximum Gasteiger partial charge on any atom is 0.277 e. The Hall–Kier alpha value is -0.680. The van der Waals surface area contributed by atoms with E-state index in [1.165, 1.54) is 0 Å². The number of nitrogens with one attached hydrogen (secondary N) is 1. The van der Waals surface area contributed by atoms with Gasteiger partial charge in [0.2, 0.25) is 0 Å². The molecule has 1 amide bonds. The summed E-state index contributed by atoms with van der Waals surface area (Å²) in [5.74, 6) is 0.459. The van der Waals surface area contributed by atoms with Crippen LogP contribution in [0.4, 0.5) is 0 Å². The highest BCUT2D eigenvalue weighted by Gasteiger charge is 2.14. The zero-order chi connectivity index (χ0) is 9.03. The zero-order valence-corrected chi connectivity index (χ0v) is 7.60. The van der Waals surface area contributed by atoms with Crippen LogP contribution in [0.2, 0.25) is 0 Å². The lowest BCUT2D eigenvalue weighted by molar-refractivity contribution is -0.113. The molecule has 5 heteroatoms. The van der Waals surface area contributed by atoms with Crippen LogP contribution in [0.1, 0.15) is 0 Å². The van der Waals surface area contributed by atoms with E-state index in [1.54, 1.807) is 0 Å². The minimum atomic E-state index is -2.26. The van der Waals surface area contributed by atoms with Crippen LogP contribution >= 0.6 is 0 Å². The lowest BCUT2D eigenvalue weighted by Crippen LogP contribution is -2.36. The molecular weight excluding hydrogens is 176 g/mol. The summed E-state index contributed by atoms with van der Waals surface area (Å²) >= 11 is 0. The van der Waals surface area contributed by atoms with Gasteiger partial charge in [-0.05, 0) is 6.08 Å². The van der Waals surface area contributed by atoms with Gasteiger partial charge in [0, 0.05) is 24.6 Å². The van der Waals surface area contributed by atoms with Gasteiger partial charge in [0.1, 0.15) is 0 Å². The number of hydrogen-bond acceptors (Lipinski definition) is 3. The predicted octanol–water partition coefficient (Wildman–Crippen LogP) is -0.230. The molecule has 0 aromatic carbocycles. The van der Waals surface area contributed by atoms with Crippen LogP contribution < -0.4 is 5.32 Å². The van der Waals surface area contributed by atoms with Gasteiger partial charge in [-0.15, -0.1) is 0 Å². The second-order valence-corrected chi connectivity index (χ2v) is 5.11. The van der Waals surface area contributed by atoms with Crippen molar-refractivity contribution in [3.63, 3.8) is 0 Å². The number of nitrogens with zero attached hydrogens (tertiary/aromatic N) is 1. The van der Waals surface area contributed by atoms with Crippen molar-refractivity contribution in [2.24, 2.45) is 4.36 Å². The van der Waals surface area contributed by atoms with Gasteiger partial charge in [0.25, 0.3) is 5.91 Å². The number of rotatable bonds is 1. The Morgan fingerprint density at radius 1 is 1.50 bits per heavy atom. The standard InChI is InChI=1S/C7H12N2O2S/c1-2-7(10)9-12(11)5-3-8-4-6-12/h2,8H,1,3-6H2. The fourth-order valence-corrected chi connectivity index (χ4v) is 2.70. The van der Waals surface area contributed by atoms with E-state index in [0.717, 1.165) is 6.08 Å². The molecule has 0 saturated carbocycles. The van der Waals surface area contributed by atoms with E-state index < -0.39 is 15.6 Å². The highest BCUT2D eigenvalue weighted by atomic mass is 32.2. The maximum absolute atomic E-state index is 11.7. The molecule has 1 aliphatic heterocycles. The third kappa shape index (κ3) is 2.42. The van der Waals surface area contributed by atoms with Crippen molar-refractivity contribution in [2.75, 3.05) is 24.6 Å². The lowest BCUT2D eigenvalue weighted by atomic mass is 10.6. The summed E-state index contributed by atoms with van der Waals surface area (Å²) in [6, 6.07) is 0. The summed E-state index contributed by atoms with van der Waals surface area (Å²) in [5, 5.41) is 3.05. The summed E-state index contributed by atoms with van der Waals surface area (Å²) in [6.45, 7) is 4.62. The van der Waals surface area contributed by atoms with E-state index in [4.69, 9.17) is 0 Å². The molecule has 1 aliphatic rings. The molecule has 0 spiro atoms. The molecule has 1 fully saturated rings.